The van der Waals surface area contributed by atoms with Gasteiger partial charge in [-0.15, -0.1) is 0 Å². The van der Waals surface area contributed by atoms with Crippen molar-refractivity contribution >= 4 is 21.6 Å². The number of carbonyl (C=O) groups is 1. The summed E-state index contributed by atoms with van der Waals surface area (Å²) in [6.07, 6.45) is 5.37. The number of nitrogens with one attached hydrogen (secondary N) is 2. The van der Waals surface area contributed by atoms with E-state index in [1.807, 2.05) is 0 Å². The Morgan fingerprint density at radius 2 is 1.79 bits per heavy atom. The highest BCUT2D eigenvalue weighted by Crippen LogP contribution is 2.28. The van der Waals surface area contributed by atoms with E-state index in [0.29, 0.717) is 17.0 Å². The molecule has 3 rings (SSSR count). The lowest BCUT2D eigenvalue weighted by Crippen LogP contribution is -2.37. The molecule has 2 aromatic carbocycles. The highest BCUT2D eigenvalue weighted by molar-refractivity contribution is 7.92. The third-order valence-electron chi connectivity index (χ3n) is 5.52. The van der Waals surface area contributed by atoms with E-state index in [1.54, 1.807) is 36.4 Å². The van der Waals surface area contributed by atoms with Crippen LogP contribution in [-0.2, 0) is 10.0 Å². The molecule has 2 aromatic rings. The first-order valence-electron chi connectivity index (χ1n) is 9.99. The minimum absolute atomic E-state index is 0.0331. The van der Waals surface area contributed by atoms with Gasteiger partial charge in [-0.25, -0.2) is 8.42 Å². The predicted molar refractivity (Wildman–Crippen MR) is 114 cm³/mol. The summed E-state index contributed by atoms with van der Waals surface area (Å²) < 4.78 is 33.3. The highest BCUT2D eigenvalue weighted by Gasteiger charge is 2.23. The average Bonchev–Trinajstić information content (AvgIpc) is 2.74. The molecule has 0 bridgehead atoms. The maximum atomic E-state index is 12.8. The number of sulfonamides is 1. The van der Waals surface area contributed by atoms with Crippen molar-refractivity contribution in [3.63, 3.8) is 0 Å². The molecule has 0 spiro atoms. The molecule has 156 valence electrons. The Morgan fingerprint density at radius 3 is 2.48 bits per heavy atom. The molecule has 0 radical (unpaired) electrons. The van der Waals surface area contributed by atoms with Crippen molar-refractivity contribution in [2.24, 2.45) is 5.92 Å². The number of methoxy groups -OCH3 is 1. The first kappa shape index (κ1) is 21.2. The second kappa shape index (κ2) is 9.31. The molecule has 2 N–H and O–H groups in total. The number of rotatable bonds is 7. The van der Waals surface area contributed by atoms with Crippen LogP contribution in [0.3, 0.4) is 0 Å². The van der Waals surface area contributed by atoms with E-state index in [-0.39, 0.29) is 16.8 Å². The standard InChI is InChI=1S/C22H28N2O4S/c1-3-16-11-13-18(14-12-16)23-22(25)17-7-6-8-19(15-17)29(26,27)24-20-9-4-5-10-21(20)28-2/h4-10,15-16,18,24H,3,11-14H2,1-2H3,(H,23,25). The third-order valence-corrected chi connectivity index (χ3v) is 6.88. The lowest BCUT2D eigenvalue weighted by Gasteiger charge is -2.28. The fourth-order valence-corrected chi connectivity index (χ4v) is 4.84. The van der Waals surface area contributed by atoms with Crippen LogP contribution in [-0.4, -0.2) is 27.5 Å². The van der Waals surface area contributed by atoms with Crippen molar-refractivity contribution in [1.82, 2.24) is 5.32 Å². The quantitative estimate of drug-likeness (QED) is 0.709. The molecule has 29 heavy (non-hydrogen) atoms. The molecule has 0 saturated heterocycles. The monoisotopic (exact) mass is 416 g/mol. The van der Waals surface area contributed by atoms with Crippen LogP contribution in [0, 0.1) is 5.92 Å². The maximum absolute atomic E-state index is 12.8. The van der Waals surface area contributed by atoms with E-state index in [0.717, 1.165) is 31.6 Å². The molecule has 0 heterocycles. The molecule has 0 atom stereocenters. The summed E-state index contributed by atoms with van der Waals surface area (Å²) in [6.45, 7) is 2.20. The summed E-state index contributed by atoms with van der Waals surface area (Å²) in [5.74, 6) is 0.935. The van der Waals surface area contributed by atoms with Crippen molar-refractivity contribution in [2.45, 2.75) is 50.0 Å². The first-order valence-corrected chi connectivity index (χ1v) is 11.5. The summed E-state index contributed by atoms with van der Waals surface area (Å²) in [6, 6.07) is 13.0. The van der Waals surface area contributed by atoms with Gasteiger partial charge in [-0.05, 0) is 61.9 Å². The van der Waals surface area contributed by atoms with Gasteiger partial charge in [0.05, 0.1) is 17.7 Å². The van der Waals surface area contributed by atoms with Gasteiger partial charge in [0.2, 0.25) is 0 Å². The zero-order valence-electron chi connectivity index (χ0n) is 16.9. The van der Waals surface area contributed by atoms with Gasteiger partial charge in [0, 0.05) is 11.6 Å². The topological polar surface area (TPSA) is 84.5 Å². The van der Waals surface area contributed by atoms with Crippen molar-refractivity contribution < 1.29 is 17.9 Å². The summed E-state index contributed by atoms with van der Waals surface area (Å²) in [7, 11) is -2.38. The lowest BCUT2D eigenvalue weighted by molar-refractivity contribution is 0.0921. The van der Waals surface area contributed by atoms with Gasteiger partial charge in [0.15, 0.2) is 0 Å². The van der Waals surface area contributed by atoms with Crippen LogP contribution in [0.5, 0.6) is 5.75 Å². The molecule has 0 aromatic heterocycles. The highest BCUT2D eigenvalue weighted by atomic mass is 32.2. The smallest absolute Gasteiger partial charge is 0.262 e. The van der Waals surface area contributed by atoms with Crippen molar-refractivity contribution in [1.29, 1.82) is 0 Å². The molecule has 6 nitrogen and oxygen atoms in total. The lowest BCUT2D eigenvalue weighted by atomic mass is 9.84. The number of hydrogen-bond acceptors (Lipinski definition) is 4. The summed E-state index contributed by atoms with van der Waals surface area (Å²) in [5.41, 5.74) is 0.683. The number of ether oxygens (including phenoxy) is 1. The van der Waals surface area contributed by atoms with E-state index in [9.17, 15) is 13.2 Å². The van der Waals surface area contributed by atoms with Gasteiger partial charge >= 0.3 is 0 Å². The van der Waals surface area contributed by atoms with Gasteiger partial charge in [-0.2, -0.15) is 0 Å². The Labute approximate surface area is 172 Å². The fourth-order valence-electron chi connectivity index (χ4n) is 3.72. The second-order valence-corrected chi connectivity index (χ2v) is 9.12. The van der Waals surface area contributed by atoms with Crippen LogP contribution in [0.1, 0.15) is 49.4 Å². The van der Waals surface area contributed by atoms with Crippen LogP contribution in [0.4, 0.5) is 5.69 Å². The molecule has 7 heteroatoms. The first-order chi connectivity index (χ1) is 13.9. The third kappa shape index (κ3) is 5.29. The fraction of sp³-hybridized carbons (Fsp3) is 0.409. The average molecular weight is 417 g/mol. The van der Waals surface area contributed by atoms with Gasteiger partial charge < -0.3 is 10.1 Å². The molecule has 0 aliphatic heterocycles. The minimum atomic E-state index is -3.86. The Hall–Kier alpha value is -2.54. The Morgan fingerprint density at radius 1 is 1.07 bits per heavy atom. The molecular formula is C22H28N2O4S. The predicted octanol–water partition coefficient (Wildman–Crippen LogP) is 4.19. The number of carbonyl (C=O) groups excluding carboxylic acids is 1. The van der Waals surface area contributed by atoms with Crippen LogP contribution in [0.25, 0.3) is 0 Å². The number of anilines is 1. The van der Waals surface area contributed by atoms with E-state index in [1.165, 1.54) is 25.7 Å². The summed E-state index contributed by atoms with van der Waals surface area (Å²) in [5, 5.41) is 3.05. The Balaban J connectivity index is 1.72. The van der Waals surface area contributed by atoms with E-state index in [2.05, 4.69) is 17.0 Å². The van der Waals surface area contributed by atoms with Gasteiger partial charge in [0.1, 0.15) is 5.75 Å². The molecule has 1 saturated carbocycles. The number of benzene rings is 2. The number of para-hydroxylation sites is 2. The van der Waals surface area contributed by atoms with Gasteiger partial charge in [0.25, 0.3) is 15.9 Å². The minimum Gasteiger partial charge on any atom is -0.495 e. The zero-order chi connectivity index (χ0) is 20.9. The second-order valence-electron chi connectivity index (χ2n) is 7.43. The summed E-state index contributed by atoms with van der Waals surface area (Å²) in [4.78, 5) is 12.7. The molecule has 1 aliphatic rings. The van der Waals surface area contributed by atoms with Crippen LogP contribution < -0.4 is 14.8 Å². The molecule has 1 aliphatic carbocycles. The van der Waals surface area contributed by atoms with E-state index >= 15 is 0 Å². The summed E-state index contributed by atoms with van der Waals surface area (Å²) >= 11 is 0. The Bertz CT molecular complexity index is 951. The van der Waals surface area contributed by atoms with E-state index in [4.69, 9.17) is 4.74 Å². The van der Waals surface area contributed by atoms with Crippen molar-refractivity contribution in [3.8, 4) is 5.75 Å². The Kier molecular flexibility index (Phi) is 6.79. The van der Waals surface area contributed by atoms with E-state index < -0.39 is 10.0 Å². The largest absolute Gasteiger partial charge is 0.495 e. The van der Waals surface area contributed by atoms with Crippen LogP contribution in [0.15, 0.2) is 53.4 Å². The van der Waals surface area contributed by atoms with Crippen molar-refractivity contribution in [2.75, 3.05) is 11.8 Å². The van der Waals surface area contributed by atoms with Crippen LogP contribution >= 0.6 is 0 Å². The van der Waals surface area contributed by atoms with Crippen LogP contribution in [0.2, 0.25) is 0 Å². The maximum Gasteiger partial charge on any atom is 0.262 e. The zero-order valence-corrected chi connectivity index (χ0v) is 17.7. The number of hydrogen-bond donors (Lipinski definition) is 2. The molecular weight excluding hydrogens is 388 g/mol. The molecule has 0 unspecified atom stereocenters. The van der Waals surface area contributed by atoms with Gasteiger partial charge in [-0.1, -0.05) is 31.5 Å². The molecule has 1 amide bonds. The van der Waals surface area contributed by atoms with Gasteiger partial charge in [-0.3, -0.25) is 9.52 Å². The SMILES string of the molecule is CCC1CCC(NC(=O)c2cccc(S(=O)(=O)Nc3ccccc3OC)c2)CC1. The number of amides is 1. The molecule has 1 fully saturated rings. The normalized spacial score (nSPS) is 19.4. The van der Waals surface area contributed by atoms with Crippen molar-refractivity contribution in [3.05, 3.63) is 54.1 Å².